The normalized spacial score (nSPS) is 21.0. The summed E-state index contributed by atoms with van der Waals surface area (Å²) in [7, 11) is 0. The number of esters is 1. The molecule has 11 nitrogen and oxygen atoms in total. The van der Waals surface area contributed by atoms with E-state index in [-0.39, 0.29) is 24.8 Å². The van der Waals surface area contributed by atoms with Crippen molar-refractivity contribution in [3.8, 4) is 0 Å². The van der Waals surface area contributed by atoms with Crippen LogP contribution < -0.4 is 5.32 Å². The summed E-state index contributed by atoms with van der Waals surface area (Å²) in [4.78, 5) is 49.8. The van der Waals surface area contributed by atoms with Crippen LogP contribution in [0.15, 0.2) is 0 Å². The van der Waals surface area contributed by atoms with Crippen LogP contribution in [0.1, 0.15) is 59.3 Å². The molecule has 166 valence electrons. The van der Waals surface area contributed by atoms with Crippen LogP contribution in [0.5, 0.6) is 0 Å². The molecule has 0 aromatic heterocycles. The number of carboxylic acid groups (broad SMARTS) is 1. The van der Waals surface area contributed by atoms with Crippen molar-refractivity contribution in [1.29, 1.82) is 0 Å². The summed E-state index contributed by atoms with van der Waals surface area (Å²) < 4.78 is 10.1. The Morgan fingerprint density at radius 1 is 1.14 bits per heavy atom. The third-order valence-electron chi connectivity index (χ3n) is 4.60. The predicted octanol–water partition coefficient (Wildman–Crippen LogP) is 2.51. The molecule has 2 N–H and O–H groups in total. The number of hydrogen-bond donors (Lipinski definition) is 2. The molecular formula is C18H30N2O9. The van der Waals surface area contributed by atoms with Crippen molar-refractivity contribution in [2.24, 2.45) is 17.8 Å². The maximum absolute atomic E-state index is 12.2. The molecule has 2 atom stereocenters. The fraction of sp³-hybridized carbons (Fsp3) is 0.833. The van der Waals surface area contributed by atoms with Gasteiger partial charge in [-0.05, 0) is 43.9 Å². The minimum Gasteiger partial charge on any atom is -0.481 e. The zero-order valence-electron chi connectivity index (χ0n) is 17.0. The molecule has 1 unspecified atom stereocenters. The number of carboxylic acids is 1. The van der Waals surface area contributed by atoms with Gasteiger partial charge in [-0.1, -0.05) is 13.8 Å². The fourth-order valence-corrected chi connectivity index (χ4v) is 3.38. The van der Waals surface area contributed by atoms with Crippen LogP contribution in [0.25, 0.3) is 0 Å². The molecule has 1 amide bonds. The predicted molar refractivity (Wildman–Crippen MR) is 99.1 cm³/mol. The summed E-state index contributed by atoms with van der Waals surface area (Å²) >= 11 is 0. The molecule has 0 radical (unpaired) electrons. The Bertz CT molecular complexity index is 574. The molecule has 11 heteroatoms. The van der Waals surface area contributed by atoms with Gasteiger partial charge in [0.05, 0.1) is 5.92 Å². The number of ether oxygens (including phenoxy) is 2. The van der Waals surface area contributed by atoms with Crippen molar-refractivity contribution >= 4 is 18.0 Å². The molecule has 29 heavy (non-hydrogen) atoms. The molecule has 0 saturated heterocycles. The summed E-state index contributed by atoms with van der Waals surface area (Å²) in [5.74, 6) is -1.85. The van der Waals surface area contributed by atoms with E-state index in [2.05, 4.69) is 10.2 Å². The Kier molecular flexibility index (Phi) is 10.2. The van der Waals surface area contributed by atoms with Gasteiger partial charge in [0.1, 0.15) is 6.10 Å². The maximum atomic E-state index is 12.2. The molecule has 0 aliphatic heterocycles. The lowest BCUT2D eigenvalue weighted by Gasteiger charge is -2.26. The van der Waals surface area contributed by atoms with Crippen LogP contribution in [-0.4, -0.2) is 47.2 Å². The van der Waals surface area contributed by atoms with Crippen LogP contribution in [0.2, 0.25) is 0 Å². The second-order valence-corrected chi connectivity index (χ2v) is 7.69. The fourth-order valence-electron chi connectivity index (χ4n) is 3.38. The van der Waals surface area contributed by atoms with Crippen molar-refractivity contribution in [3.05, 3.63) is 10.1 Å². The SMILES string of the molecule is CC(C)C[C@H](CNC(=O)OC(C)OC(=O)C1CCC(O[N+](=O)[O-])CC1)CC(=O)O. The van der Waals surface area contributed by atoms with E-state index in [1.165, 1.54) is 6.92 Å². The van der Waals surface area contributed by atoms with Crippen molar-refractivity contribution in [2.45, 2.75) is 71.7 Å². The van der Waals surface area contributed by atoms with Gasteiger partial charge in [-0.25, -0.2) is 4.79 Å². The van der Waals surface area contributed by atoms with E-state index in [1.54, 1.807) is 0 Å². The highest BCUT2D eigenvalue weighted by Crippen LogP contribution is 2.27. The van der Waals surface area contributed by atoms with Crippen molar-refractivity contribution in [2.75, 3.05) is 6.54 Å². The van der Waals surface area contributed by atoms with Gasteiger partial charge in [0, 0.05) is 19.9 Å². The second-order valence-electron chi connectivity index (χ2n) is 7.69. The number of alkyl carbamates (subject to hydrolysis) is 1. The quantitative estimate of drug-likeness (QED) is 0.223. The first-order valence-electron chi connectivity index (χ1n) is 9.74. The lowest BCUT2D eigenvalue weighted by Crippen LogP contribution is -2.36. The zero-order valence-corrected chi connectivity index (χ0v) is 17.0. The lowest BCUT2D eigenvalue weighted by atomic mass is 9.87. The van der Waals surface area contributed by atoms with E-state index in [1.807, 2.05) is 13.8 Å². The highest BCUT2D eigenvalue weighted by atomic mass is 17.0. The minimum atomic E-state index is -1.11. The van der Waals surface area contributed by atoms with E-state index in [4.69, 9.17) is 14.6 Å². The number of rotatable bonds is 11. The van der Waals surface area contributed by atoms with E-state index in [9.17, 15) is 24.5 Å². The van der Waals surface area contributed by atoms with Crippen LogP contribution >= 0.6 is 0 Å². The van der Waals surface area contributed by atoms with E-state index >= 15 is 0 Å². The van der Waals surface area contributed by atoms with Crippen LogP contribution in [-0.2, 0) is 23.9 Å². The first-order chi connectivity index (χ1) is 13.6. The van der Waals surface area contributed by atoms with Gasteiger partial charge < -0.3 is 24.7 Å². The summed E-state index contributed by atoms with van der Waals surface area (Å²) in [6.45, 7) is 5.48. The lowest BCUT2D eigenvalue weighted by molar-refractivity contribution is -0.769. The summed E-state index contributed by atoms with van der Waals surface area (Å²) in [6.07, 6.45) is -0.325. The maximum Gasteiger partial charge on any atom is 0.410 e. The Balaban J connectivity index is 2.34. The van der Waals surface area contributed by atoms with Crippen LogP contribution in [0, 0.1) is 27.9 Å². The first-order valence-corrected chi connectivity index (χ1v) is 9.74. The highest BCUT2D eigenvalue weighted by Gasteiger charge is 2.30. The molecular weight excluding hydrogens is 388 g/mol. The van der Waals surface area contributed by atoms with Gasteiger partial charge in [0.25, 0.3) is 5.09 Å². The number of nitrogens with zero attached hydrogens (tertiary/aromatic N) is 1. The molecule has 1 aliphatic rings. The summed E-state index contributed by atoms with van der Waals surface area (Å²) in [6, 6.07) is 0. The number of nitrogens with one attached hydrogen (secondary N) is 1. The molecule has 1 fully saturated rings. The zero-order chi connectivity index (χ0) is 22.0. The van der Waals surface area contributed by atoms with E-state index < -0.39 is 41.4 Å². The summed E-state index contributed by atoms with van der Waals surface area (Å²) in [5.41, 5.74) is 0. The van der Waals surface area contributed by atoms with Crippen molar-refractivity contribution in [3.63, 3.8) is 0 Å². The standard InChI is InChI=1S/C18H30N2O9/c1-11(2)8-13(9-16(21)22)10-19-18(24)28-12(3)27-17(23)14-4-6-15(7-5-14)29-20(25)26/h11-15H,4-10H2,1-3H3,(H,19,24)(H,21,22)/t12?,13-,14?,15?/m0/s1. The molecule has 1 rings (SSSR count). The number of aliphatic carboxylic acids is 1. The first kappa shape index (κ1) is 24.4. The van der Waals surface area contributed by atoms with Gasteiger partial charge >= 0.3 is 18.0 Å². The minimum absolute atomic E-state index is 0.0637. The molecule has 0 aromatic carbocycles. The molecule has 0 heterocycles. The van der Waals surface area contributed by atoms with E-state index in [0.717, 1.165) is 0 Å². The van der Waals surface area contributed by atoms with Gasteiger partial charge in [0.15, 0.2) is 0 Å². The monoisotopic (exact) mass is 418 g/mol. The molecule has 0 spiro atoms. The van der Waals surface area contributed by atoms with Gasteiger partial charge in [-0.2, -0.15) is 0 Å². The number of carbonyl (C=O) groups excluding carboxylic acids is 2. The summed E-state index contributed by atoms with van der Waals surface area (Å²) in [5, 5.41) is 21.0. The van der Waals surface area contributed by atoms with Crippen LogP contribution in [0.4, 0.5) is 4.79 Å². The molecule has 0 aromatic rings. The second kappa shape index (κ2) is 12.1. The Labute approximate surface area is 169 Å². The third-order valence-corrected chi connectivity index (χ3v) is 4.60. The molecule has 0 bridgehead atoms. The number of amides is 1. The van der Waals surface area contributed by atoms with Gasteiger partial charge in [0.2, 0.25) is 6.29 Å². The Morgan fingerprint density at radius 3 is 2.28 bits per heavy atom. The van der Waals surface area contributed by atoms with Gasteiger partial charge in [-0.3, -0.25) is 9.59 Å². The number of hydrogen-bond acceptors (Lipinski definition) is 8. The molecule has 1 saturated carbocycles. The van der Waals surface area contributed by atoms with Crippen molar-refractivity contribution in [1.82, 2.24) is 5.32 Å². The third kappa shape index (κ3) is 10.5. The van der Waals surface area contributed by atoms with Crippen molar-refractivity contribution < 1.29 is 38.9 Å². The number of carbonyl (C=O) groups is 3. The molecule has 1 aliphatic carbocycles. The largest absolute Gasteiger partial charge is 0.481 e. The average molecular weight is 418 g/mol. The van der Waals surface area contributed by atoms with Crippen LogP contribution in [0.3, 0.4) is 0 Å². The van der Waals surface area contributed by atoms with Gasteiger partial charge in [-0.15, -0.1) is 10.1 Å². The smallest absolute Gasteiger partial charge is 0.410 e. The average Bonchev–Trinajstić information content (AvgIpc) is 2.58. The highest BCUT2D eigenvalue weighted by molar-refractivity contribution is 5.73. The topological polar surface area (TPSA) is 154 Å². The van der Waals surface area contributed by atoms with E-state index in [0.29, 0.717) is 32.1 Å². The Hall–Kier alpha value is -2.59. The Morgan fingerprint density at radius 2 is 1.76 bits per heavy atom.